The summed E-state index contributed by atoms with van der Waals surface area (Å²) in [6.45, 7) is 1.20. The van der Waals surface area contributed by atoms with Gasteiger partial charge >= 0.3 is 12.2 Å². The van der Waals surface area contributed by atoms with Crippen molar-refractivity contribution in [1.82, 2.24) is 20.3 Å². The zero-order valence-electron chi connectivity index (χ0n) is 18.0. The topological polar surface area (TPSA) is 119 Å². The van der Waals surface area contributed by atoms with Crippen LogP contribution in [0, 0.1) is 17.1 Å². The molecule has 3 N–H and O–H groups in total. The van der Waals surface area contributed by atoms with Crippen LogP contribution in [0.1, 0.15) is 17.7 Å². The van der Waals surface area contributed by atoms with E-state index in [9.17, 15) is 22.8 Å². The molecule has 0 bridgehead atoms. The van der Waals surface area contributed by atoms with E-state index in [0.29, 0.717) is 19.5 Å². The van der Waals surface area contributed by atoms with Crippen molar-refractivity contribution in [2.45, 2.75) is 18.7 Å². The van der Waals surface area contributed by atoms with E-state index in [1.165, 1.54) is 13.2 Å². The minimum Gasteiger partial charge on any atom is -0.471 e. The monoisotopic (exact) mass is 504 g/mol. The molecular weight excluding hydrogens is 488 g/mol. The summed E-state index contributed by atoms with van der Waals surface area (Å²) >= 11 is 0.789. The number of methoxy groups -OCH3 is 1. The van der Waals surface area contributed by atoms with Crippen molar-refractivity contribution in [3.05, 3.63) is 35.3 Å². The highest BCUT2D eigenvalue weighted by molar-refractivity contribution is 7.23. The van der Waals surface area contributed by atoms with Crippen LogP contribution in [0.2, 0.25) is 0 Å². The third kappa shape index (κ3) is 3.94. The van der Waals surface area contributed by atoms with Gasteiger partial charge in [0.1, 0.15) is 28.5 Å². The van der Waals surface area contributed by atoms with Gasteiger partial charge in [-0.3, -0.25) is 0 Å². The number of rotatable bonds is 4. The predicted molar refractivity (Wildman–Crippen MR) is 121 cm³/mol. The number of nitrogens with one attached hydrogen (secondary N) is 1. The fraction of sp³-hybridized carbons (Fsp3) is 0.273. The third-order valence-electron chi connectivity index (χ3n) is 5.58. The summed E-state index contributed by atoms with van der Waals surface area (Å²) in [6, 6.07) is 5.11. The molecule has 35 heavy (non-hydrogen) atoms. The van der Waals surface area contributed by atoms with Crippen LogP contribution < -0.4 is 20.5 Å². The molecule has 0 radical (unpaired) electrons. The lowest BCUT2D eigenvalue weighted by molar-refractivity contribution is -0.140. The summed E-state index contributed by atoms with van der Waals surface area (Å²) in [4.78, 5) is 12.1. The van der Waals surface area contributed by atoms with E-state index in [1.54, 1.807) is 0 Å². The number of nitrogens with two attached hydrogens (primary N) is 1. The Morgan fingerprint density at radius 3 is 2.69 bits per heavy atom. The van der Waals surface area contributed by atoms with Crippen molar-refractivity contribution in [3.63, 3.8) is 0 Å². The summed E-state index contributed by atoms with van der Waals surface area (Å²) in [7, 11) is 1.32. The standard InChI is InChI=1S/C22H16F4N6O2S/c1-33-21-30-14-6-11(10-2-3-13(23)17-15(10)12(7-27)19(28)35-17)18(22(24,25)26)31-16(14)20(32-21)34-9-4-5-29-8-9/h2-3,6,9,29H,4-5,8,28H2,1H3/t9-/m1/s1. The number of benzene rings is 1. The fourth-order valence-corrected chi connectivity index (χ4v) is 4.97. The number of hydrogen-bond donors (Lipinski definition) is 2. The van der Waals surface area contributed by atoms with Gasteiger partial charge in [-0.25, -0.2) is 9.37 Å². The number of fused-ring (bicyclic) bond motifs is 2. The number of pyridine rings is 1. The largest absolute Gasteiger partial charge is 0.471 e. The van der Waals surface area contributed by atoms with E-state index in [0.717, 1.165) is 23.5 Å². The van der Waals surface area contributed by atoms with Crippen molar-refractivity contribution >= 4 is 37.5 Å². The number of nitriles is 1. The normalized spacial score (nSPS) is 16.1. The lowest BCUT2D eigenvalue weighted by Crippen LogP contribution is -2.21. The molecule has 0 amide bonds. The number of alkyl halides is 3. The molecule has 1 aliphatic heterocycles. The van der Waals surface area contributed by atoms with Crippen molar-refractivity contribution in [2.75, 3.05) is 25.9 Å². The van der Waals surface area contributed by atoms with Crippen molar-refractivity contribution in [2.24, 2.45) is 0 Å². The average molecular weight is 504 g/mol. The van der Waals surface area contributed by atoms with Crippen molar-refractivity contribution in [1.29, 1.82) is 5.26 Å². The Morgan fingerprint density at radius 1 is 1.23 bits per heavy atom. The lowest BCUT2D eigenvalue weighted by Gasteiger charge is -2.17. The van der Waals surface area contributed by atoms with E-state index < -0.39 is 23.3 Å². The van der Waals surface area contributed by atoms with E-state index in [-0.39, 0.29) is 55.2 Å². The molecule has 1 saturated heterocycles. The molecule has 4 aromatic rings. The minimum atomic E-state index is -4.90. The molecule has 1 aromatic carbocycles. The number of aromatic nitrogens is 3. The first kappa shape index (κ1) is 23.0. The Labute approximate surface area is 199 Å². The molecule has 4 heterocycles. The molecule has 1 aliphatic rings. The maximum atomic E-state index is 14.5. The second kappa shape index (κ2) is 8.47. The predicted octanol–water partition coefficient (Wildman–Crippen LogP) is 4.27. The summed E-state index contributed by atoms with van der Waals surface area (Å²) < 4.78 is 68.2. The number of anilines is 1. The van der Waals surface area contributed by atoms with Gasteiger partial charge in [-0.15, -0.1) is 11.3 Å². The Kier molecular flexibility index (Phi) is 5.57. The highest BCUT2D eigenvalue weighted by atomic mass is 32.1. The van der Waals surface area contributed by atoms with Crippen LogP contribution in [0.15, 0.2) is 18.2 Å². The van der Waals surface area contributed by atoms with Crippen LogP contribution >= 0.6 is 11.3 Å². The quantitative estimate of drug-likeness (QED) is 0.396. The van der Waals surface area contributed by atoms with Gasteiger partial charge in [0.2, 0.25) is 5.88 Å². The van der Waals surface area contributed by atoms with Gasteiger partial charge in [0.25, 0.3) is 0 Å². The lowest BCUT2D eigenvalue weighted by atomic mass is 9.97. The highest BCUT2D eigenvalue weighted by Crippen LogP contribution is 2.45. The summed E-state index contributed by atoms with van der Waals surface area (Å²) in [5.74, 6) is -0.839. The summed E-state index contributed by atoms with van der Waals surface area (Å²) in [6.07, 6.45) is -4.57. The molecule has 1 fully saturated rings. The van der Waals surface area contributed by atoms with E-state index in [4.69, 9.17) is 15.2 Å². The third-order valence-corrected chi connectivity index (χ3v) is 6.61. The van der Waals surface area contributed by atoms with Gasteiger partial charge < -0.3 is 20.5 Å². The Hall–Kier alpha value is -3.76. The Balaban J connectivity index is 1.83. The van der Waals surface area contributed by atoms with Gasteiger partial charge in [0.05, 0.1) is 17.4 Å². The number of thiophene rings is 1. The fourth-order valence-electron chi connectivity index (χ4n) is 4.02. The SMILES string of the molecule is COc1nc(O[C@@H]2CCNC2)c2nc(C(F)(F)F)c(-c3ccc(F)c4sc(N)c(C#N)c34)cc2n1. The van der Waals surface area contributed by atoms with Gasteiger partial charge in [-0.2, -0.15) is 28.4 Å². The Morgan fingerprint density at radius 2 is 2.03 bits per heavy atom. The van der Waals surface area contributed by atoms with Crippen LogP contribution in [0.3, 0.4) is 0 Å². The molecule has 0 aliphatic carbocycles. The number of hydrogen-bond acceptors (Lipinski definition) is 9. The molecule has 0 spiro atoms. The first-order valence-electron chi connectivity index (χ1n) is 10.3. The number of nitrogen functional groups attached to an aromatic ring is 1. The van der Waals surface area contributed by atoms with Crippen LogP contribution in [0.25, 0.3) is 32.2 Å². The molecule has 1 atom stereocenters. The van der Waals surface area contributed by atoms with Crippen molar-refractivity contribution in [3.8, 4) is 29.1 Å². The van der Waals surface area contributed by atoms with Gasteiger partial charge in [-0.05, 0) is 30.7 Å². The van der Waals surface area contributed by atoms with Crippen LogP contribution in [-0.2, 0) is 6.18 Å². The summed E-state index contributed by atoms with van der Waals surface area (Å²) in [5, 5.41) is 12.7. The van der Waals surface area contributed by atoms with Crippen LogP contribution in [-0.4, -0.2) is 41.3 Å². The van der Waals surface area contributed by atoms with Gasteiger partial charge in [0.15, 0.2) is 11.2 Å². The molecule has 13 heteroatoms. The molecule has 0 unspecified atom stereocenters. The summed E-state index contributed by atoms with van der Waals surface area (Å²) in [5.41, 5.74) is 3.89. The zero-order valence-corrected chi connectivity index (χ0v) is 18.9. The van der Waals surface area contributed by atoms with E-state index in [2.05, 4.69) is 20.3 Å². The second-order valence-corrected chi connectivity index (χ2v) is 8.80. The molecule has 180 valence electrons. The van der Waals surface area contributed by atoms with Crippen LogP contribution in [0.5, 0.6) is 11.9 Å². The molecular formula is C22H16F4N6O2S. The maximum absolute atomic E-state index is 14.5. The second-order valence-electron chi connectivity index (χ2n) is 7.75. The smallest absolute Gasteiger partial charge is 0.433 e. The average Bonchev–Trinajstić information content (AvgIpc) is 3.45. The molecule has 5 rings (SSSR count). The number of ether oxygens (including phenoxy) is 2. The number of nitrogens with zero attached hydrogens (tertiary/aromatic N) is 4. The van der Waals surface area contributed by atoms with E-state index in [1.807, 2.05) is 6.07 Å². The molecule has 0 saturated carbocycles. The molecule has 3 aromatic heterocycles. The van der Waals surface area contributed by atoms with Crippen LogP contribution in [0.4, 0.5) is 22.6 Å². The Bertz CT molecular complexity index is 1510. The first-order chi connectivity index (χ1) is 16.7. The maximum Gasteiger partial charge on any atom is 0.433 e. The van der Waals surface area contributed by atoms with Gasteiger partial charge in [0, 0.05) is 17.5 Å². The highest BCUT2D eigenvalue weighted by Gasteiger charge is 2.38. The zero-order chi connectivity index (χ0) is 24.9. The number of halogens is 4. The van der Waals surface area contributed by atoms with E-state index >= 15 is 0 Å². The molecule has 8 nitrogen and oxygen atoms in total. The first-order valence-corrected chi connectivity index (χ1v) is 11.1. The minimum absolute atomic E-state index is 0.000936. The van der Waals surface area contributed by atoms with Crippen molar-refractivity contribution < 1.29 is 27.0 Å². The van der Waals surface area contributed by atoms with Gasteiger partial charge in [-0.1, -0.05) is 6.07 Å².